The molecule has 0 aliphatic rings. The van der Waals surface area contributed by atoms with Gasteiger partial charge in [-0.05, 0) is 13.0 Å². The number of pyridine rings is 1. The molecule has 4 nitrogen and oxygen atoms in total. The van der Waals surface area contributed by atoms with Gasteiger partial charge in [-0.1, -0.05) is 23.2 Å². The number of hydrogen-bond acceptors (Lipinski definition) is 2. The molecule has 0 aliphatic carbocycles. The summed E-state index contributed by atoms with van der Waals surface area (Å²) in [5.74, 6) is -0.840. The van der Waals surface area contributed by atoms with Crippen LogP contribution >= 0.6 is 23.2 Å². The van der Waals surface area contributed by atoms with Crippen molar-refractivity contribution in [1.82, 2.24) is 9.38 Å². The lowest BCUT2D eigenvalue weighted by Gasteiger charge is -2.02. The summed E-state index contributed by atoms with van der Waals surface area (Å²) in [6, 6.07) is 1.62. The van der Waals surface area contributed by atoms with Crippen LogP contribution in [0.25, 0.3) is 5.65 Å². The average molecular weight is 273 g/mol. The fourth-order valence-electron chi connectivity index (χ4n) is 1.76. The van der Waals surface area contributed by atoms with Crippen molar-refractivity contribution in [2.45, 2.75) is 19.8 Å². The molecule has 0 amide bonds. The predicted octanol–water partition coefficient (Wildman–Crippen LogP) is 2.97. The molecule has 0 spiro atoms. The third kappa shape index (κ3) is 2.37. The summed E-state index contributed by atoms with van der Waals surface area (Å²) in [5, 5.41) is 9.66. The van der Waals surface area contributed by atoms with E-state index < -0.39 is 5.97 Å². The van der Waals surface area contributed by atoms with Crippen molar-refractivity contribution in [2.75, 3.05) is 0 Å². The maximum Gasteiger partial charge on any atom is 0.303 e. The highest BCUT2D eigenvalue weighted by atomic mass is 35.5. The monoisotopic (exact) mass is 272 g/mol. The van der Waals surface area contributed by atoms with Gasteiger partial charge < -0.3 is 9.51 Å². The van der Waals surface area contributed by atoms with Gasteiger partial charge in [-0.15, -0.1) is 0 Å². The Morgan fingerprint density at radius 3 is 2.88 bits per heavy atom. The van der Waals surface area contributed by atoms with Crippen molar-refractivity contribution in [3.05, 3.63) is 33.7 Å². The first-order valence-corrected chi connectivity index (χ1v) is 5.79. The lowest BCUT2D eigenvalue weighted by Crippen LogP contribution is -2.01. The molecule has 0 radical (unpaired) electrons. The quantitative estimate of drug-likeness (QED) is 0.935. The van der Waals surface area contributed by atoms with Gasteiger partial charge >= 0.3 is 5.97 Å². The second kappa shape index (κ2) is 4.55. The number of imidazole rings is 1. The van der Waals surface area contributed by atoms with Crippen LogP contribution in [-0.2, 0) is 11.2 Å². The standard InChI is InChI=1S/C11H10Cl2N2O2/c1-6-9(2-3-10(16)17)15-5-7(12)4-8(13)11(15)14-6/h4-5H,2-3H2,1H3,(H,16,17). The Morgan fingerprint density at radius 2 is 2.24 bits per heavy atom. The number of carboxylic acids is 1. The minimum Gasteiger partial charge on any atom is -0.481 e. The van der Waals surface area contributed by atoms with Gasteiger partial charge in [-0.2, -0.15) is 0 Å². The molecule has 6 heteroatoms. The number of nitrogens with zero attached hydrogens (tertiary/aromatic N) is 2. The molecule has 0 bridgehead atoms. The van der Waals surface area contributed by atoms with Gasteiger partial charge in [0.2, 0.25) is 0 Å². The van der Waals surface area contributed by atoms with Crippen molar-refractivity contribution < 1.29 is 9.90 Å². The summed E-state index contributed by atoms with van der Waals surface area (Å²) in [4.78, 5) is 14.9. The lowest BCUT2D eigenvalue weighted by atomic mass is 10.2. The Bertz CT molecular complexity index is 593. The highest BCUT2D eigenvalue weighted by Crippen LogP contribution is 2.24. The number of hydrogen-bond donors (Lipinski definition) is 1. The highest BCUT2D eigenvalue weighted by molar-refractivity contribution is 6.36. The topological polar surface area (TPSA) is 54.6 Å². The number of carboxylic acid groups (broad SMARTS) is 1. The van der Waals surface area contributed by atoms with Gasteiger partial charge in [0.1, 0.15) is 0 Å². The van der Waals surface area contributed by atoms with Crippen LogP contribution in [0.2, 0.25) is 10.0 Å². The van der Waals surface area contributed by atoms with Crippen LogP contribution in [0.4, 0.5) is 0 Å². The smallest absolute Gasteiger partial charge is 0.303 e. The van der Waals surface area contributed by atoms with Gasteiger partial charge in [0, 0.05) is 18.3 Å². The predicted molar refractivity (Wildman–Crippen MR) is 65.9 cm³/mol. The summed E-state index contributed by atoms with van der Waals surface area (Å²) in [7, 11) is 0. The van der Waals surface area contributed by atoms with Crippen LogP contribution in [0.5, 0.6) is 0 Å². The molecule has 2 aromatic heterocycles. The molecule has 17 heavy (non-hydrogen) atoms. The molecule has 0 unspecified atom stereocenters. The SMILES string of the molecule is Cc1nc2c(Cl)cc(Cl)cn2c1CCC(=O)O. The van der Waals surface area contributed by atoms with Crippen molar-refractivity contribution in [2.24, 2.45) is 0 Å². The van der Waals surface area contributed by atoms with Gasteiger partial charge in [0.15, 0.2) is 5.65 Å². The molecule has 0 atom stereocenters. The molecule has 0 fully saturated rings. The Labute approximate surface area is 108 Å². The second-order valence-electron chi connectivity index (χ2n) is 3.74. The normalized spacial score (nSPS) is 11.0. The molecule has 1 N–H and O–H groups in total. The van der Waals surface area contributed by atoms with Crippen LogP contribution < -0.4 is 0 Å². The Kier molecular flexibility index (Phi) is 3.26. The zero-order valence-electron chi connectivity index (χ0n) is 9.07. The van der Waals surface area contributed by atoms with E-state index in [1.807, 2.05) is 6.92 Å². The summed E-state index contributed by atoms with van der Waals surface area (Å²) in [6.45, 7) is 1.83. The molecule has 2 rings (SSSR count). The first-order chi connectivity index (χ1) is 7.99. The number of carbonyl (C=O) groups is 1. The molecule has 0 aliphatic heterocycles. The Hall–Kier alpha value is -1.26. The summed E-state index contributed by atoms with van der Waals surface area (Å²) < 4.78 is 1.75. The van der Waals surface area contributed by atoms with E-state index in [1.165, 1.54) is 0 Å². The molecule has 0 aromatic carbocycles. The first kappa shape index (κ1) is 12.2. The number of rotatable bonds is 3. The van der Waals surface area contributed by atoms with E-state index in [2.05, 4.69) is 4.98 Å². The number of fused-ring (bicyclic) bond motifs is 1. The highest BCUT2D eigenvalue weighted by Gasteiger charge is 2.13. The zero-order chi connectivity index (χ0) is 12.6. The third-order valence-electron chi connectivity index (χ3n) is 2.52. The van der Waals surface area contributed by atoms with Crippen molar-refractivity contribution in [3.8, 4) is 0 Å². The van der Waals surface area contributed by atoms with E-state index in [0.717, 1.165) is 11.4 Å². The van der Waals surface area contributed by atoms with Crippen molar-refractivity contribution in [3.63, 3.8) is 0 Å². The summed E-state index contributed by atoms with van der Waals surface area (Å²) in [5.41, 5.74) is 2.20. The molecule has 2 aromatic rings. The third-order valence-corrected chi connectivity index (χ3v) is 3.00. The molecular weight excluding hydrogens is 263 g/mol. The van der Waals surface area contributed by atoms with E-state index in [0.29, 0.717) is 22.1 Å². The van der Waals surface area contributed by atoms with Crippen LogP contribution in [-0.4, -0.2) is 20.5 Å². The fourth-order valence-corrected chi connectivity index (χ4v) is 2.27. The Balaban J connectivity index is 2.54. The van der Waals surface area contributed by atoms with E-state index in [9.17, 15) is 4.79 Å². The number of aliphatic carboxylic acids is 1. The van der Waals surface area contributed by atoms with Gasteiger partial charge in [0.05, 0.1) is 22.2 Å². The van der Waals surface area contributed by atoms with Crippen LogP contribution in [0.15, 0.2) is 12.3 Å². The molecule has 0 saturated heterocycles. The van der Waals surface area contributed by atoms with Crippen molar-refractivity contribution >= 4 is 34.8 Å². The largest absolute Gasteiger partial charge is 0.481 e. The Morgan fingerprint density at radius 1 is 1.53 bits per heavy atom. The van der Waals surface area contributed by atoms with Crippen LogP contribution in [0, 0.1) is 6.92 Å². The van der Waals surface area contributed by atoms with Crippen LogP contribution in [0.3, 0.4) is 0 Å². The van der Waals surface area contributed by atoms with Crippen molar-refractivity contribution in [1.29, 1.82) is 0 Å². The second-order valence-corrected chi connectivity index (χ2v) is 4.58. The average Bonchev–Trinajstić information content (AvgIpc) is 2.52. The van der Waals surface area contributed by atoms with E-state index in [1.54, 1.807) is 16.7 Å². The minimum absolute atomic E-state index is 0.0543. The summed E-state index contributed by atoms with van der Waals surface area (Å²) in [6.07, 6.45) is 2.15. The lowest BCUT2D eigenvalue weighted by molar-refractivity contribution is -0.136. The fraction of sp³-hybridized carbons (Fsp3) is 0.273. The molecule has 2 heterocycles. The van der Waals surface area contributed by atoms with E-state index >= 15 is 0 Å². The van der Waals surface area contributed by atoms with Gasteiger partial charge in [0.25, 0.3) is 0 Å². The van der Waals surface area contributed by atoms with E-state index in [-0.39, 0.29) is 6.42 Å². The molecule has 0 saturated carbocycles. The maximum absolute atomic E-state index is 10.6. The first-order valence-electron chi connectivity index (χ1n) is 5.03. The number of aromatic nitrogens is 2. The van der Waals surface area contributed by atoms with E-state index in [4.69, 9.17) is 28.3 Å². The van der Waals surface area contributed by atoms with Gasteiger partial charge in [-0.3, -0.25) is 4.79 Å². The maximum atomic E-state index is 10.6. The van der Waals surface area contributed by atoms with Crippen LogP contribution in [0.1, 0.15) is 17.8 Å². The number of aryl methyl sites for hydroxylation is 2. The summed E-state index contributed by atoms with van der Waals surface area (Å²) >= 11 is 11.9. The zero-order valence-corrected chi connectivity index (χ0v) is 10.6. The minimum atomic E-state index is -0.840. The van der Waals surface area contributed by atoms with Gasteiger partial charge in [-0.25, -0.2) is 4.98 Å². The molecular formula is C11H10Cl2N2O2. The number of halogens is 2. The molecule has 90 valence electrons.